The Morgan fingerprint density at radius 1 is 1.17 bits per heavy atom. The first-order valence-corrected chi connectivity index (χ1v) is 5.52. The highest BCUT2D eigenvalue weighted by molar-refractivity contribution is 5.95. The standard InChI is InChI=1S/C14H12FNO2/c15-12-6-7-13(16-8-12)14(17)10-18-9-11-4-2-1-3-5-11/h1-8H,9-10H2. The Balaban J connectivity index is 1.84. The highest BCUT2D eigenvalue weighted by Gasteiger charge is 2.07. The number of benzene rings is 1. The Bertz CT molecular complexity index is 511. The van der Waals surface area contributed by atoms with Crippen LogP contribution >= 0.6 is 0 Å². The molecule has 0 fully saturated rings. The zero-order chi connectivity index (χ0) is 12.8. The number of pyridine rings is 1. The third kappa shape index (κ3) is 3.46. The molecular weight excluding hydrogens is 233 g/mol. The van der Waals surface area contributed by atoms with E-state index in [9.17, 15) is 9.18 Å². The third-order valence-electron chi connectivity index (χ3n) is 2.36. The minimum absolute atomic E-state index is 0.0620. The molecule has 92 valence electrons. The number of halogens is 1. The highest BCUT2D eigenvalue weighted by atomic mass is 19.1. The van der Waals surface area contributed by atoms with Gasteiger partial charge in [0.05, 0.1) is 12.8 Å². The molecule has 1 aromatic heterocycles. The van der Waals surface area contributed by atoms with Crippen LogP contribution in [0.4, 0.5) is 4.39 Å². The van der Waals surface area contributed by atoms with E-state index in [1.54, 1.807) is 0 Å². The van der Waals surface area contributed by atoms with E-state index in [4.69, 9.17) is 4.74 Å². The van der Waals surface area contributed by atoms with Crippen molar-refractivity contribution < 1.29 is 13.9 Å². The lowest BCUT2D eigenvalue weighted by atomic mass is 10.2. The third-order valence-corrected chi connectivity index (χ3v) is 2.36. The fraction of sp³-hybridized carbons (Fsp3) is 0.143. The summed E-state index contributed by atoms with van der Waals surface area (Å²) in [5, 5.41) is 0. The molecule has 18 heavy (non-hydrogen) atoms. The van der Waals surface area contributed by atoms with Crippen molar-refractivity contribution in [1.82, 2.24) is 4.98 Å². The van der Waals surface area contributed by atoms with Crippen LogP contribution in [0, 0.1) is 5.82 Å². The van der Waals surface area contributed by atoms with Gasteiger partial charge in [-0.15, -0.1) is 0 Å². The van der Waals surface area contributed by atoms with E-state index >= 15 is 0 Å². The zero-order valence-electron chi connectivity index (χ0n) is 9.67. The van der Waals surface area contributed by atoms with Gasteiger partial charge in [0, 0.05) is 0 Å². The number of aromatic nitrogens is 1. The van der Waals surface area contributed by atoms with Crippen LogP contribution in [0.15, 0.2) is 48.7 Å². The molecule has 0 unspecified atom stereocenters. The topological polar surface area (TPSA) is 39.2 Å². The molecule has 0 radical (unpaired) electrons. The first-order valence-electron chi connectivity index (χ1n) is 5.52. The molecule has 3 nitrogen and oxygen atoms in total. The van der Waals surface area contributed by atoms with Crippen molar-refractivity contribution in [3.63, 3.8) is 0 Å². The average Bonchev–Trinajstić information content (AvgIpc) is 2.40. The summed E-state index contributed by atoms with van der Waals surface area (Å²) in [6, 6.07) is 12.1. The maximum atomic E-state index is 12.6. The second kappa shape index (κ2) is 6.02. The van der Waals surface area contributed by atoms with Crippen LogP contribution < -0.4 is 0 Å². The van der Waals surface area contributed by atoms with Gasteiger partial charge < -0.3 is 4.74 Å². The average molecular weight is 245 g/mol. The SMILES string of the molecule is O=C(COCc1ccccc1)c1ccc(F)cn1. The molecule has 2 aromatic rings. The fourth-order valence-corrected chi connectivity index (χ4v) is 1.45. The van der Waals surface area contributed by atoms with Crippen LogP contribution in [0.5, 0.6) is 0 Å². The molecule has 0 N–H and O–H groups in total. The van der Waals surface area contributed by atoms with Crippen LogP contribution in [-0.2, 0) is 11.3 Å². The quantitative estimate of drug-likeness (QED) is 0.760. The Morgan fingerprint density at radius 2 is 1.94 bits per heavy atom. The molecule has 0 saturated heterocycles. The number of carbonyl (C=O) groups excluding carboxylic acids is 1. The largest absolute Gasteiger partial charge is 0.369 e. The van der Waals surface area contributed by atoms with Gasteiger partial charge in [-0.3, -0.25) is 4.79 Å². The summed E-state index contributed by atoms with van der Waals surface area (Å²) >= 11 is 0. The number of Topliss-reactive ketones (excluding diaryl/α,β-unsaturated/α-hetero) is 1. The first-order chi connectivity index (χ1) is 8.75. The number of hydrogen-bond acceptors (Lipinski definition) is 3. The number of rotatable bonds is 5. The number of hydrogen-bond donors (Lipinski definition) is 0. The summed E-state index contributed by atoms with van der Waals surface area (Å²) < 4.78 is 17.9. The van der Waals surface area contributed by atoms with Gasteiger partial charge in [-0.05, 0) is 17.7 Å². The molecule has 0 aliphatic heterocycles. The second-order valence-corrected chi connectivity index (χ2v) is 3.76. The van der Waals surface area contributed by atoms with Gasteiger partial charge in [0.2, 0.25) is 5.78 Å². The normalized spacial score (nSPS) is 10.3. The minimum atomic E-state index is -0.461. The molecule has 2 rings (SSSR count). The van der Waals surface area contributed by atoms with Crippen LogP contribution in [0.1, 0.15) is 16.1 Å². The van der Waals surface area contributed by atoms with E-state index in [0.29, 0.717) is 6.61 Å². The Labute approximate surface area is 104 Å². The van der Waals surface area contributed by atoms with Crippen molar-refractivity contribution >= 4 is 5.78 Å². The van der Waals surface area contributed by atoms with E-state index in [-0.39, 0.29) is 18.1 Å². The summed E-state index contributed by atoms with van der Waals surface area (Å²) in [6.45, 7) is 0.307. The van der Waals surface area contributed by atoms with Crippen molar-refractivity contribution in [2.45, 2.75) is 6.61 Å². The van der Waals surface area contributed by atoms with Crippen LogP contribution in [0.3, 0.4) is 0 Å². The highest BCUT2D eigenvalue weighted by Crippen LogP contribution is 2.03. The second-order valence-electron chi connectivity index (χ2n) is 3.76. The molecule has 0 bridgehead atoms. The fourth-order valence-electron chi connectivity index (χ4n) is 1.45. The van der Waals surface area contributed by atoms with Gasteiger partial charge in [0.1, 0.15) is 18.1 Å². The molecule has 0 atom stereocenters. The van der Waals surface area contributed by atoms with Gasteiger partial charge in [0.15, 0.2) is 0 Å². The lowest BCUT2D eigenvalue weighted by molar-refractivity contribution is 0.0721. The molecule has 0 spiro atoms. The summed E-state index contributed by atoms with van der Waals surface area (Å²) in [6.07, 6.45) is 1.02. The number of ether oxygens (including phenoxy) is 1. The van der Waals surface area contributed by atoms with E-state index in [2.05, 4.69) is 4.98 Å². The molecule has 0 aliphatic carbocycles. The molecular formula is C14H12FNO2. The Morgan fingerprint density at radius 3 is 2.61 bits per heavy atom. The predicted octanol–water partition coefficient (Wildman–Crippen LogP) is 2.62. The van der Waals surface area contributed by atoms with Crippen LogP contribution in [-0.4, -0.2) is 17.4 Å². The van der Waals surface area contributed by atoms with Crippen molar-refractivity contribution in [3.8, 4) is 0 Å². The van der Waals surface area contributed by atoms with Crippen molar-refractivity contribution in [3.05, 3.63) is 65.7 Å². The number of nitrogens with zero attached hydrogens (tertiary/aromatic N) is 1. The molecule has 1 aromatic carbocycles. The molecule has 4 heteroatoms. The Kier molecular flexibility index (Phi) is 4.15. The van der Waals surface area contributed by atoms with Crippen molar-refractivity contribution in [1.29, 1.82) is 0 Å². The maximum absolute atomic E-state index is 12.6. The summed E-state index contributed by atoms with van der Waals surface area (Å²) in [5.74, 6) is -0.720. The Hall–Kier alpha value is -2.07. The molecule has 0 amide bonds. The van der Waals surface area contributed by atoms with Crippen LogP contribution in [0.2, 0.25) is 0 Å². The number of ketones is 1. The molecule has 1 heterocycles. The number of carbonyl (C=O) groups is 1. The zero-order valence-corrected chi connectivity index (χ0v) is 9.67. The van der Waals surface area contributed by atoms with Gasteiger partial charge in [-0.25, -0.2) is 9.37 Å². The van der Waals surface area contributed by atoms with Crippen molar-refractivity contribution in [2.75, 3.05) is 6.61 Å². The maximum Gasteiger partial charge on any atom is 0.206 e. The molecule has 0 aliphatic rings. The smallest absolute Gasteiger partial charge is 0.206 e. The van der Waals surface area contributed by atoms with Crippen LogP contribution in [0.25, 0.3) is 0 Å². The summed E-state index contributed by atoms with van der Waals surface area (Å²) in [4.78, 5) is 15.3. The monoisotopic (exact) mass is 245 g/mol. The lowest BCUT2D eigenvalue weighted by Gasteiger charge is -2.03. The van der Waals surface area contributed by atoms with Gasteiger partial charge in [-0.1, -0.05) is 30.3 Å². The van der Waals surface area contributed by atoms with E-state index in [1.165, 1.54) is 12.1 Å². The molecule has 0 saturated carbocycles. The summed E-state index contributed by atoms with van der Waals surface area (Å²) in [5.41, 5.74) is 1.21. The van der Waals surface area contributed by atoms with Gasteiger partial charge >= 0.3 is 0 Å². The van der Waals surface area contributed by atoms with E-state index in [1.807, 2.05) is 30.3 Å². The van der Waals surface area contributed by atoms with Gasteiger partial charge in [-0.2, -0.15) is 0 Å². The lowest BCUT2D eigenvalue weighted by Crippen LogP contribution is -2.10. The first kappa shape index (κ1) is 12.4. The predicted molar refractivity (Wildman–Crippen MR) is 64.6 cm³/mol. The van der Waals surface area contributed by atoms with Gasteiger partial charge in [0.25, 0.3) is 0 Å². The van der Waals surface area contributed by atoms with E-state index in [0.717, 1.165) is 11.8 Å². The van der Waals surface area contributed by atoms with E-state index < -0.39 is 5.82 Å². The minimum Gasteiger partial charge on any atom is -0.369 e. The van der Waals surface area contributed by atoms with Crippen molar-refractivity contribution in [2.24, 2.45) is 0 Å². The summed E-state index contributed by atoms with van der Waals surface area (Å²) in [7, 11) is 0.